The third kappa shape index (κ3) is 6.18. The molecule has 1 atom stereocenters. The lowest BCUT2D eigenvalue weighted by Gasteiger charge is -2.31. The predicted molar refractivity (Wildman–Crippen MR) is 157 cm³/mol. The van der Waals surface area contributed by atoms with Crippen LogP contribution in [0.25, 0.3) is 10.8 Å². The zero-order valence-corrected chi connectivity index (χ0v) is 24.5. The molecule has 208 valence electrons. The molecule has 10 heteroatoms. The van der Waals surface area contributed by atoms with E-state index in [9.17, 15) is 18.0 Å². The van der Waals surface area contributed by atoms with E-state index in [-0.39, 0.29) is 36.2 Å². The second kappa shape index (κ2) is 12.6. The van der Waals surface area contributed by atoms with Crippen LogP contribution < -0.4 is 9.62 Å². The van der Waals surface area contributed by atoms with Crippen LogP contribution in [-0.4, -0.2) is 44.3 Å². The van der Waals surface area contributed by atoms with Crippen LogP contribution in [0.5, 0.6) is 0 Å². The first-order valence-corrected chi connectivity index (χ1v) is 15.4. The van der Waals surface area contributed by atoms with Gasteiger partial charge in [0.2, 0.25) is 11.8 Å². The molecule has 0 aromatic heterocycles. The number of sulfonamides is 1. The molecule has 0 saturated heterocycles. The Morgan fingerprint density at radius 1 is 1.03 bits per heavy atom. The van der Waals surface area contributed by atoms with Crippen LogP contribution in [-0.2, 0) is 26.2 Å². The second-order valence-corrected chi connectivity index (χ2v) is 12.3. The molecule has 0 aliphatic carbocycles. The summed E-state index contributed by atoms with van der Waals surface area (Å²) in [5.74, 6) is -0.459. The fraction of sp³-hybridized carbons (Fsp3) is 0.379. The number of amides is 2. The van der Waals surface area contributed by atoms with Gasteiger partial charge in [-0.1, -0.05) is 73.8 Å². The Bertz CT molecular complexity index is 1470. The smallest absolute Gasteiger partial charge is 0.265 e. The highest BCUT2D eigenvalue weighted by Crippen LogP contribution is 2.42. The molecule has 0 radical (unpaired) electrons. The number of carbonyl (C=O) groups is 2. The third-order valence-electron chi connectivity index (χ3n) is 7.00. The maximum Gasteiger partial charge on any atom is 0.265 e. The number of rotatable bonds is 12. The minimum atomic E-state index is -3.71. The molecule has 39 heavy (non-hydrogen) atoms. The van der Waals surface area contributed by atoms with E-state index >= 15 is 0 Å². The van der Waals surface area contributed by atoms with E-state index in [2.05, 4.69) is 5.32 Å². The van der Waals surface area contributed by atoms with Crippen LogP contribution in [0.2, 0.25) is 10.0 Å². The minimum Gasteiger partial charge on any atom is -0.354 e. The Balaban J connectivity index is 1.52. The topological polar surface area (TPSA) is 86.8 Å². The molecule has 7 nitrogen and oxygen atoms in total. The van der Waals surface area contributed by atoms with Gasteiger partial charge in [0.05, 0.1) is 10.6 Å². The van der Waals surface area contributed by atoms with Gasteiger partial charge in [-0.15, -0.1) is 0 Å². The van der Waals surface area contributed by atoms with Gasteiger partial charge in [0.1, 0.15) is 6.04 Å². The fourth-order valence-corrected chi connectivity index (χ4v) is 7.19. The standard InChI is InChI=1S/C29H33Cl2N3O4S/c1-3-5-16-32-29(36)24(4-2)33(19-21-14-15-22(30)18-23(21)31)27(35)13-8-17-34-25-11-6-9-20-10-7-12-26(28(20)25)39(34,37)38/h6-7,9-12,14-15,18,24H,3-5,8,13,16-17,19H2,1-2H3,(H,32,36)/t24-/m1/s1. The van der Waals surface area contributed by atoms with Crippen LogP contribution in [0, 0.1) is 0 Å². The van der Waals surface area contributed by atoms with Crippen molar-refractivity contribution in [3.63, 3.8) is 0 Å². The number of nitrogens with one attached hydrogen (secondary N) is 1. The van der Waals surface area contributed by atoms with Crippen molar-refractivity contribution >= 4 is 61.5 Å². The van der Waals surface area contributed by atoms with Crippen LogP contribution in [0.15, 0.2) is 59.5 Å². The van der Waals surface area contributed by atoms with Gasteiger partial charge in [-0.05, 0) is 54.5 Å². The summed E-state index contributed by atoms with van der Waals surface area (Å²) in [6.45, 7) is 4.73. The highest BCUT2D eigenvalue weighted by Gasteiger charge is 2.35. The lowest BCUT2D eigenvalue weighted by Crippen LogP contribution is -2.49. The molecule has 2 amide bonds. The van der Waals surface area contributed by atoms with Crippen molar-refractivity contribution in [2.75, 3.05) is 17.4 Å². The maximum absolute atomic E-state index is 13.6. The number of unbranched alkanes of at least 4 members (excludes halogenated alkanes) is 1. The first kappa shape index (κ1) is 29.2. The van der Waals surface area contributed by atoms with Crippen molar-refractivity contribution in [2.24, 2.45) is 0 Å². The van der Waals surface area contributed by atoms with Crippen LogP contribution in [0.4, 0.5) is 5.69 Å². The molecule has 1 aliphatic heterocycles. The number of anilines is 1. The van der Waals surface area contributed by atoms with E-state index in [4.69, 9.17) is 23.2 Å². The number of halogens is 2. The average molecular weight is 591 g/mol. The van der Waals surface area contributed by atoms with Gasteiger partial charge in [-0.2, -0.15) is 0 Å². The monoisotopic (exact) mass is 589 g/mol. The highest BCUT2D eigenvalue weighted by molar-refractivity contribution is 7.93. The van der Waals surface area contributed by atoms with E-state index in [1.807, 2.05) is 32.0 Å². The quantitative estimate of drug-likeness (QED) is 0.256. The maximum atomic E-state index is 13.6. The molecule has 0 unspecified atom stereocenters. The van der Waals surface area contributed by atoms with E-state index in [1.54, 1.807) is 41.3 Å². The van der Waals surface area contributed by atoms with E-state index < -0.39 is 16.1 Å². The normalized spacial score (nSPS) is 14.4. The minimum absolute atomic E-state index is 0.0717. The molecule has 0 bridgehead atoms. The number of hydrogen-bond acceptors (Lipinski definition) is 4. The lowest BCUT2D eigenvalue weighted by atomic mass is 10.1. The van der Waals surface area contributed by atoms with E-state index in [1.165, 1.54) is 4.31 Å². The summed E-state index contributed by atoms with van der Waals surface area (Å²) < 4.78 is 28.0. The van der Waals surface area contributed by atoms with Crippen LogP contribution >= 0.6 is 23.2 Å². The average Bonchev–Trinajstić information content (AvgIpc) is 3.13. The Morgan fingerprint density at radius 2 is 1.77 bits per heavy atom. The molecule has 3 aromatic carbocycles. The highest BCUT2D eigenvalue weighted by atomic mass is 35.5. The Morgan fingerprint density at radius 3 is 2.46 bits per heavy atom. The van der Waals surface area contributed by atoms with Crippen molar-refractivity contribution in [3.05, 3.63) is 70.2 Å². The Labute approximate surface area is 240 Å². The first-order chi connectivity index (χ1) is 18.7. The number of carbonyl (C=O) groups excluding carboxylic acids is 2. The molecular weight excluding hydrogens is 557 g/mol. The van der Waals surface area contributed by atoms with Gasteiger partial charge < -0.3 is 10.2 Å². The number of nitrogens with zero attached hydrogens (tertiary/aromatic N) is 2. The van der Waals surface area contributed by atoms with Crippen molar-refractivity contribution < 1.29 is 18.0 Å². The summed E-state index contributed by atoms with van der Waals surface area (Å²) in [6, 6.07) is 15.1. The van der Waals surface area contributed by atoms with Gasteiger partial charge in [0, 0.05) is 41.5 Å². The molecular formula is C29H33Cl2N3O4S. The largest absolute Gasteiger partial charge is 0.354 e. The second-order valence-electron chi connectivity index (χ2n) is 9.64. The molecule has 0 spiro atoms. The molecule has 3 aromatic rings. The summed E-state index contributed by atoms with van der Waals surface area (Å²) in [5, 5.41) is 5.40. The predicted octanol–water partition coefficient (Wildman–Crippen LogP) is 6.16. The van der Waals surface area contributed by atoms with E-state index in [0.29, 0.717) is 46.1 Å². The van der Waals surface area contributed by atoms with E-state index in [0.717, 1.165) is 18.2 Å². The third-order valence-corrected chi connectivity index (χ3v) is 9.45. The van der Waals surface area contributed by atoms with Crippen molar-refractivity contribution in [1.29, 1.82) is 0 Å². The molecule has 0 fully saturated rings. The number of benzene rings is 3. The molecule has 1 aliphatic rings. The van der Waals surface area contributed by atoms with Gasteiger partial charge in [-0.3, -0.25) is 13.9 Å². The zero-order valence-electron chi connectivity index (χ0n) is 22.1. The van der Waals surface area contributed by atoms with Gasteiger partial charge in [-0.25, -0.2) is 8.42 Å². The number of hydrogen-bond donors (Lipinski definition) is 1. The van der Waals surface area contributed by atoms with Gasteiger partial charge in [0.25, 0.3) is 10.0 Å². The van der Waals surface area contributed by atoms with Crippen LogP contribution in [0.1, 0.15) is 51.5 Å². The Hall–Kier alpha value is -2.81. The molecule has 0 saturated carbocycles. The fourth-order valence-electron chi connectivity index (χ4n) is 4.98. The summed E-state index contributed by atoms with van der Waals surface area (Å²) in [6.07, 6.45) is 2.58. The van der Waals surface area contributed by atoms with Gasteiger partial charge in [0.15, 0.2) is 0 Å². The SMILES string of the molecule is CCCCNC(=O)[C@@H](CC)N(Cc1ccc(Cl)cc1Cl)C(=O)CCCN1c2cccc3cccc(c23)S1(=O)=O. The first-order valence-electron chi connectivity index (χ1n) is 13.2. The summed E-state index contributed by atoms with van der Waals surface area (Å²) in [7, 11) is -3.71. The van der Waals surface area contributed by atoms with Crippen molar-refractivity contribution in [1.82, 2.24) is 10.2 Å². The zero-order chi connectivity index (χ0) is 28.2. The van der Waals surface area contributed by atoms with Crippen molar-refractivity contribution in [3.8, 4) is 0 Å². The summed E-state index contributed by atoms with van der Waals surface area (Å²) >= 11 is 12.5. The molecule has 4 rings (SSSR count). The summed E-state index contributed by atoms with van der Waals surface area (Å²) in [5.41, 5.74) is 1.31. The van der Waals surface area contributed by atoms with Gasteiger partial charge >= 0.3 is 0 Å². The molecule has 1 heterocycles. The lowest BCUT2D eigenvalue weighted by molar-refractivity contribution is -0.141. The van der Waals surface area contributed by atoms with Crippen molar-refractivity contribution in [2.45, 2.75) is 63.4 Å². The molecule has 1 N–H and O–H groups in total. The van der Waals surface area contributed by atoms with Crippen LogP contribution in [0.3, 0.4) is 0 Å². The summed E-state index contributed by atoms with van der Waals surface area (Å²) in [4.78, 5) is 28.5. The Kier molecular flexibility index (Phi) is 9.41.